The molecular weight excluding hydrogens is 372 g/mol. The predicted molar refractivity (Wildman–Crippen MR) is 103 cm³/mol. The monoisotopic (exact) mass is 394 g/mol. The van der Waals surface area contributed by atoms with Crippen molar-refractivity contribution in [3.8, 4) is 5.75 Å². The normalized spacial score (nSPS) is 13.7. The summed E-state index contributed by atoms with van der Waals surface area (Å²) in [7, 11) is -0.767. The van der Waals surface area contributed by atoms with Gasteiger partial charge >= 0.3 is 0 Å². The molecule has 0 spiro atoms. The number of carbonyl (C=O) groups is 1. The topological polar surface area (TPSA) is 75.7 Å². The number of amides is 1. The van der Waals surface area contributed by atoms with E-state index in [1.165, 1.54) is 41.9 Å². The maximum absolute atomic E-state index is 12.6. The lowest BCUT2D eigenvalue weighted by Gasteiger charge is -2.16. The number of nitrogens with one attached hydrogen (secondary N) is 1. The van der Waals surface area contributed by atoms with Crippen LogP contribution in [0.2, 0.25) is 0 Å². The van der Waals surface area contributed by atoms with Crippen molar-refractivity contribution in [1.29, 1.82) is 0 Å². The van der Waals surface area contributed by atoms with Gasteiger partial charge in [-0.3, -0.25) is 4.79 Å². The number of aryl methyl sites for hydroxylation is 2. The molecule has 1 N–H and O–H groups in total. The van der Waals surface area contributed by atoms with Gasteiger partial charge in [-0.15, -0.1) is 11.3 Å². The Labute approximate surface area is 157 Å². The average Bonchev–Trinajstić information content (AvgIpc) is 3.18. The molecule has 1 aliphatic carbocycles. The number of anilines is 1. The average molecular weight is 395 g/mol. The maximum Gasteiger partial charge on any atom is 0.265 e. The fourth-order valence-corrected chi connectivity index (χ4v) is 5.09. The number of rotatable bonds is 6. The number of ether oxygens (including phenoxy) is 1. The van der Waals surface area contributed by atoms with Gasteiger partial charge in [0.2, 0.25) is 10.0 Å². The van der Waals surface area contributed by atoms with Crippen LogP contribution in [0.25, 0.3) is 0 Å². The molecule has 1 aromatic carbocycles. The Morgan fingerprint density at radius 2 is 2.04 bits per heavy atom. The molecule has 1 heterocycles. The maximum atomic E-state index is 12.6. The van der Waals surface area contributed by atoms with E-state index < -0.39 is 10.0 Å². The fourth-order valence-electron chi connectivity index (χ4n) is 2.89. The summed E-state index contributed by atoms with van der Waals surface area (Å²) in [5, 5.41) is 2.80. The number of hydrogen-bond donors (Lipinski definition) is 1. The van der Waals surface area contributed by atoms with Crippen LogP contribution in [-0.2, 0) is 22.9 Å². The Morgan fingerprint density at radius 1 is 1.27 bits per heavy atom. The molecule has 0 radical (unpaired) electrons. The molecular formula is C18H22N2O4S2. The van der Waals surface area contributed by atoms with Crippen molar-refractivity contribution in [2.45, 2.75) is 31.1 Å². The highest BCUT2D eigenvalue weighted by molar-refractivity contribution is 7.89. The summed E-state index contributed by atoms with van der Waals surface area (Å²) in [6.45, 7) is 2.14. The molecule has 0 atom stereocenters. The summed E-state index contributed by atoms with van der Waals surface area (Å²) < 4.78 is 31.7. The fraction of sp³-hybridized carbons (Fsp3) is 0.389. The Hall–Kier alpha value is -1.90. The molecule has 1 aliphatic rings. The minimum absolute atomic E-state index is 0.0378. The van der Waals surface area contributed by atoms with E-state index in [2.05, 4.69) is 5.32 Å². The van der Waals surface area contributed by atoms with Gasteiger partial charge in [0, 0.05) is 24.7 Å². The minimum Gasteiger partial charge on any atom is -0.492 e. The highest BCUT2D eigenvalue weighted by atomic mass is 32.2. The first-order chi connectivity index (χ1) is 12.3. The van der Waals surface area contributed by atoms with Gasteiger partial charge < -0.3 is 10.1 Å². The van der Waals surface area contributed by atoms with Gasteiger partial charge in [-0.05, 0) is 56.0 Å². The summed E-state index contributed by atoms with van der Waals surface area (Å²) in [6.07, 6.45) is 3.20. The van der Waals surface area contributed by atoms with Crippen LogP contribution >= 0.6 is 11.3 Å². The largest absolute Gasteiger partial charge is 0.492 e. The van der Waals surface area contributed by atoms with Crippen LogP contribution in [0.5, 0.6) is 5.75 Å². The lowest BCUT2D eigenvalue weighted by atomic mass is 10.2. The van der Waals surface area contributed by atoms with Crippen molar-refractivity contribution in [3.63, 3.8) is 0 Å². The first-order valence-electron chi connectivity index (χ1n) is 8.45. The number of carbonyl (C=O) groups excluding carboxylic acids is 1. The Bertz CT molecular complexity index is 911. The zero-order chi connectivity index (χ0) is 18.9. The van der Waals surface area contributed by atoms with Crippen molar-refractivity contribution in [1.82, 2.24) is 4.31 Å². The van der Waals surface area contributed by atoms with Gasteiger partial charge in [-0.25, -0.2) is 12.7 Å². The minimum atomic E-state index is -3.69. The van der Waals surface area contributed by atoms with Crippen molar-refractivity contribution < 1.29 is 17.9 Å². The molecule has 0 unspecified atom stereocenters. The molecule has 0 saturated heterocycles. The summed E-state index contributed by atoms with van der Waals surface area (Å²) >= 11 is 1.51. The molecule has 1 aromatic heterocycles. The third kappa shape index (κ3) is 3.62. The molecule has 140 valence electrons. The predicted octanol–water partition coefficient (Wildman–Crippen LogP) is 3.14. The standard InChI is InChI=1S/C18H22N2O4S2/c1-4-24-14-9-8-13(11-17(14)26(22,23)20(2)3)19-18(21)16-10-12-6-5-7-15(12)25-16/h8-11H,4-7H2,1-3H3,(H,19,21). The van der Waals surface area contributed by atoms with E-state index in [-0.39, 0.29) is 16.6 Å². The smallest absolute Gasteiger partial charge is 0.265 e. The van der Waals surface area contributed by atoms with E-state index in [9.17, 15) is 13.2 Å². The second-order valence-corrected chi connectivity index (χ2v) is 9.51. The summed E-state index contributed by atoms with van der Waals surface area (Å²) in [5.41, 5.74) is 1.68. The van der Waals surface area contributed by atoms with Crippen LogP contribution < -0.4 is 10.1 Å². The van der Waals surface area contributed by atoms with E-state index in [1.807, 2.05) is 6.07 Å². The summed E-state index contributed by atoms with van der Waals surface area (Å²) in [5.74, 6) is 0.0519. The van der Waals surface area contributed by atoms with Crippen molar-refractivity contribution in [2.24, 2.45) is 0 Å². The number of benzene rings is 1. The lowest BCUT2D eigenvalue weighted by molar-refractivity contribution is 0.103. The second-order valence-electron chi connectivity index (χ2n) is 6.25. The van der Waals surface area contributed by atoms with Gasteiger partial charge in [0.25, 0.3) is 5.91 Å². The zero-order valence-electron chi connectivity index (χ0n) is 15.0. The molecule has 0 saturated carbocycles. The number of fused-ring (bicyclic) bond motifs is 1. The SMILES string of the molecule is CCOc1ccc(NC(=O)c2cc3c(s2)CCC3)cc1S(=O)(=O)N(C)C. The molecule has 0 aliphatic heterocycles. The molecule has 8 heteroatoms. The van der Waals surface area contributed by atoms with E-state index in [4.69, 9.17) is 4.74 Å². The highest BCUT2D eigenvalue weighted by Gasteiger charge is 2.24. The van der Waals surface area contributed by atoms with Gasteiger partial charge in [0.15, 0.2) is 0 Å². The number of thiophene rings is 1. The van der Waals surface area contributed by atoms with Gasteiger partial charge in [-0.2, -0.15) is 0 Å². The van der Waals surface area contributed by atoms with E-state index in [0.717, 1.165) is 23.6 Å². The third-order valence-corrected chi connectivity index (χ3v) is 7.30. The first kappa shape index (κ1) is 18.9. The second kappa shape index (κ2) is 7.38. The number of hydrogen-bond acceptors (Lipinski definition) is 5. The molecule has 0 fully saturated rings. The highest BCUT2D eigenvalue weighted by Crippen LogP contribution is 2.32. The lowest BCUT2D eigenvalue weighted by Crippen LogP contribution is -2.23. The van der Waals surface area contributed by atoms with Crippen molar-refractivity contribution in [3.05, 3.63) is 39.6 Å². The van der Waals surface area contributed by atoms with Crippen molar-refractivity contribution >= 4 is 33.0 Å². The Kier molecular flexibility index (Phi) is 5.36. The van der Waals surface area contributed by atoms with E-state index in [1.54, 1.807) is 19.1 Å². The van der Waals surface area contributed by atoms with E-state index in [0.29, 0.717) is 17.2 Å². The molecule has 0 bridgehead atoms. The van der Waals surface area contributed by atoms with Gasteiger partial charge in [0.05, 0.1) is 11.5 Å². The van der Waals surface area contributed by atoms with Gasteiger partial charge in [-0.1, -0.05) is 0 Å². The zero-order valence-corrected chi connectivity index (χ0v) is 16.7. The van der Waals surface area contributed by atoms with Crippen molar-refractivity contribution in [2.75, 3.05) is 26.0 Å². The quantitative estimate of drug-likeness (QED) is 0.817. The molecule has 26 heavy (non-hydrogen) atoms. The summed E-state index contributed by atoms with van der Waals surface area (Å²) in [6, 6.07) is 6.61. The molecule has 3 rings (SSSR count). The molecule has 2 aromatic rings. The van der Waals surface area contributed by atoms with Crippen LogP contribution in [0, 0.1) is 0 Å². The van der Waals surface area contributed by atoms with Crippen LogP contribution in [-0.4, -0.2) is 39.3 Å². The Balaban J connectivity index is 1.89. The number of nitrogens with zero attached hydrogens (tertiary/aromatic N) is 1. The van der Waals surface area contributed by atoms with Gasteiger partial charge in [0.1, 0.15) is 10.6 Å². The first-order valence-corrected chi connectivity index (χ1v) is 10.7. The Morgan fingerprint density at radius 3 is 2.69 bits per heavy atom. The molecule has 6 nitrogen and oxygen atoms in total. The number of sulfonamides is 1. The van der Waals surface area contributed by atoms with Crippen LogP contribution in [0.3, 0.4) is 0 Å². The van der Waals surface area contributed by atoms with Crippen LogP contribution in [0.4, 0.5) is 5.69 Å². The van der Waals surface area contributed by atoms with Crippen LogP contribution in [0.1, 0.15) is 33.5 Å². The van der Waals surface area contributed by atoms with Crippen LogP contribution in [0.15, 0.2) is 29.2 Å². The van der Waals surface area contributed by atoms with E-state index >= 15 is 0 Å². The third-order valence-electron chi connectivity index (χ3n) is 4.23. The molecule has 1 amide bonds. The summed E-state index contributed by atoms with van der Waals surface area (Å²) in [4.78, 5) is 14.5.